The molecule has 0 saturated carbocycles. The molecule has 25 heavy (non-hydrogen) atoms. The Bertz CT molecular complexity index is 776. The van der Waals surface area contributed by atoms with Gasteiger partial charge in [-0.3, -0.25) is 4.98 Å². The molecule has 3 rings (SSSR count). The summed E-state index contributed by atoms with van der Waals surface area (Å²) in [4.78, 5) is 5.36. The van der Waals surface area contributed by atoms with Crippen LogP contribution in [0.15, 0.2) is 48.8 Å². The van der Waals surface area contributed by atoms with E-state index >= 15 is 0 Å². The van der Waals surface area contributed by atoms with Crippen molar-refractivity contribution in [3.05, 3.63) is 48.8 Å². The maximum Gasteiger partial charge on any atom is 0.206 e. The first-order chi connectivity index (χ1) is 12.2. The number of rotatable bonds is 8. The minimum Gasteiger partial charge on any atom is -0.494 e. The third-order valence-electron chi connectivity index (χ3n) is 3.32. The highest BCUT2D eigenvalue weighted by molar-refractivity contribution is 5.51. The molecule has 0 amide bonds. The molecule has 1 atom stereocenters. The van der Waals surface area contributed by atoms with Crippen LogP contribution in [0.5, 0.6) is 11.5 Å². The predicted octanol–water partition coefficient (Wildman–Crippen LogP) is 1.57. The van der Waals surface area contributed by atoms with Gasteiger partial charge in [-0.05, 0) is 48.5 Å². The van der Waals surface area contributed by atoms with Crippen molar-refractivity contribution in [3.63, 3.8) is 0 Å². The summed E-state index contributed by atoms with van der Waals surface area (Å²) in [6.45, 7) is 2.85. The molecule has 0 radical (unpaired) electrons. The predicted molar refractivity (Wildman–Crippen MR) is 90.2 cm³/mol. The maximum absolute atomic E-state index is 10.1. The Morgan fingerprint density at radius 3 is 2.56 bits per heavy atom. The normalized spacial score (nSPS) is 11.9. The minimum absolute atomic E-state index is 0.123. The first kappa shape index (κ1) is 16.8. The number of aliphatic hydroxyl groups is 1. The van der Waals surface area contributed by atoms with Gasteiger partial charge in [0, 0.05) is 18.0 Å². The number of tetrazole rings is 1. The Morgan fingerprint density at radius 1 is 1.12 bits per heavy atom. The number of aromatic nitrogens is 5. The lowest BCUT2D eigenvalue weighted by atomic mass is 10.3. The Morgan fingerprint density at radius 2 is 1.88 bits per heavy atom. The zero-order chi connectivity index (χ0) is 17.5. The van der Waals surface area contributed by atoms with Gasteiger partial charge in [-0.25, -0.2) is 0 Å². The van der Waals surface area contributed by atoms with Crippen molar-refractivity contribution < 1.29 is 14.6 Å². The van der Waals surface area contributed by atoms with Gasteiger partial charge in [-0.2, -0.15) is 4.80 Å². The first-order valence-electron chi connectivity index (χ1n) is 7.96. The molecular formula is C17H19N5O3. The average molecular weight is 341 g/mol. The van der Waals surface area contributed by atoms with Crippen LogP contribution in [0.25, 0.3) is 11.4 Å². The molecule has 3 aromatic rings. The average Bonchev–Trinajstić information content (AvgIpc) is 3.11. The lowest BCUT2D eigenvalue weighted by Crippen LogP contribution is -2.24. The number of ether oxygens (including phenoxy) is 2. The van der Waals surface area contributed by atoms with E-state index in [1.54, 1.807) is 30.6 Å². The molecule has 0 bridgehead atoms. The SMILES string of the molecule is CCOc1ccc(OC[C@H](O)Cn2nnc(-c3cccnc3)n2)cc1. The summed E-state index contributed by atoms with van der Waals surface area (Å²) in [7, 11) is 0. The fraction of sp³-hybridized carbons (Fsp3) is 0.294. The van der Waals surface area contributed by atoms with Crippen molar-refractivity contribution in [1.82, 2.24) is 25.2 Å². The Kier molecular flexibility index (Phi) is 5.53. The lowest BCUT2D eigenvalue weighted by molar-refractivity contribution is 0.0849. The van der Waals surface area contributed by atoms with E-state index in [0.717, 1.165) is 11.3 Å². The van der Waals surface area contributed by atoms with Crippen molar-refractivity contribution in [2.75, 3.05) is 13.2 Å². The van der Waals surface area contributed by atoms with E-state index in [1.165, 1.54) is 4.80 Å². The van der Waals surface area contributed by atoms with Crippen LogP contribution in [0.1, 0.15) is 6.92 Å². The molecule has 0 aliphatic carbocycles. The zero-order valence-corrected chi connectivity index (χ0v) is 13.8. The summed E-state index contributed by atoms with van der Waals surface area (Å²) in [5, 5.41) is 22.2. The lowest BCUT2D eigenvalue weighted by Gasteiger charge is -2.12. The van der Waals surface area contributed by atoms with Gasteiger partial charge in [0.05, 0.1) is 13.2 Å². The summed E-state index contributed by atoms with van der Waals surface area (Å²) >= 11 is 0. The molecule has 2 aromatic heterocycles. The van der Waals surface area contributed by atoms with E-state index in [9.17, 15) is 5.11 Å². The third kappa shape index (κ3) is 4.74. The summed E-state index contributed by atoms with van der Waals surface area (Å²) in [5.74, 6) is 1.91. The number of nitrogens with zero attached hydrogens (tertiary/aromatic N) is 5. The van der Waals surface area contributed by atoms with E-state index in [1.807, 2.05) is 25.1 Å². The molecule has 8 nitrogen and oxygen atoms in total. The van der Waals surface area contributed by atoms with Crippen molar-refractivity contribution in [3.8, 4) is 22.9 Å². The quantitative estimate of drug-likeness (QED) is 0.664. The Balaban J connectivity index is 1.51. The second-order valence-electron chi connectivity index (χ2n) is 5.28. The Labute approximate surface area is 145 Å². The van der Waals surface area contributed by atoms with E-state index in [4.69, 9.17) is 9.47 Å². The molecule has 130 valence electrons. The van der Waals surface area contributed by atoms with Gasteiger partial charge >= 0.3 is 0 Å². The van der Waals surface area contributed by atoms with Crippen LogP contribution in [-0.2, 0) is 6.54 Å². The van der Waals surface area contributed by atoms with Crippen molar-refractivity contribution in [1.29, 1.82) is 0 Å². The molecule has 1 aromatic carbocycles. The third-order valence-corrected chi connectivity index (χ3v) is 3.32. The highest BCUT2D eigenvalue weighted by Crippen LogP contribution is 2.17. The van der Waals surface area contributed by atoms with Gasteiger partial charge in [0.2, 0.25) is 5.82 Å². The number of hydrogen-bond acceptors (Lipinski definition) is 7. The van der Waals surface area contributed by atoms with Crippen LogP contribution in [0.3, 0.4) is 0 Å². The van der Waals surface area contributed by atoms with Crippen LogP contribution in [-0.4, -0.2) is 49.6 Å². The Hall–Kier alpha value is -3.00. The largest absolute Gasteiger partial charge is 0.494 e. The van der Waals surface area contributed by atoms with E-state index in [2.05, 4.69) is 20.4 Å². The molecule has 0 aliphatic rings. The number of benzene rings is 1. The van der Waals surface area contributed by atoms with Gasteiger partial charge in [0.25, 0.3) is 0 Å². The van der Waals surface area contributed by atoms with Gasteiger partial charge in [0.1, 0.15) is 24.2 Å². The topological polar surface area (TPSA) is 95.2 Å². The van der Waals surface area contributed by atoms with E-state index in [-0.39, 0.29) is 13.2 Å². The van der Waals surface area contributed by atoms with Crippen LogP contribution in [0.4, 0.5) is 0 Å². The molecule has 0 unspecified atom stereocenters. The molecule has 0 aliphatic heterocycles. The minimum atomic E-state index is -0.762. The zero-order valence-electron chi connectivity index (χ0n) is 13.8. The van der Waals surface area contributed by atoms with E-state index < -0.39 is 6.10 Å². The summed E-state index contributed by atoms with van der Waals surface area (Å²) < 4.78 is 10.9. The molecule has 8 heteroatoms. The second kappa shape index (κ2) is 8.20. The number of pyridine rings is 1. The van der Waals surface area contributed by atoms with Crippen LogP contribution in [0, 0.1) is 0 Å². The van der Waals surface area contributed by atoms with Crippen molar-refractivity contribution >= 4 is 0 Å². The first-order valence-corrected chi connectivity index (χ1v) is 7.96. The fourth-order valence-corrected chi connectivity index (χ4v) is 2.16. The molecule has 0 fully saturated rings. The van der Waals surface area contributed by atoms with Crippen LogP contribution >= 0.6 is 0 Å². The van der Waals surface area contributed by atoms with Crippen LogP contribution < -0.4 is 9.47 Å². The summed E-state index contributed by atoms with van der Waals surface area (Å²) in [5.41, 5.74) is 0.772. The highest BCUT2D eigenvalue weighted by Gasteiger charge is 2.11. The van der Waals surface area contributed by atoms with Crippen molar-refractivity contribution in [2.45, 2.75) is 19.6 Å². The van der Waals surface area contributed by atoms with Gasteiger partial charge in [0.15, 0.2) is 0 Å². The number of hydrogen-bond donors (Lipinski definition) is 1. The molecule has 1 N–H and O–H groups in total. The fourth-order valence-electron chi connectivity index (χ4n) is 2.16. The van der Waals surface area contributed by atoms with E-state index in [0.29, 0.717) is 18.2 Å². The molecular weight excluding hydrogens is 322 g/mol. The standard InChI is InChI=1S/C17H19N5O3/c1-2-24-15-5-7-16(8-6-15)25-12-14(23)11-22-20-17(19-21-22)13-4-3-9-18-10-13/h3-10,14,23H,2,11-12H2,1H3/t14-/m1/s1. The van der Waals surface area contributed by atoms with Gasteiger partial charge in [-0.1, -0.05) is 0 Å². The second-order valence-corrected chi connectivity index (χ2v) is 5.28. The highest BCUT2D eigenvalue weighted by atomic mass is 16.5. The molecule has 2 heterocycles. The maximum atomic E-state index is 10.1. The van der Waals surface area contributed by atoms with Crippen molar-refractivity contribution in [2.24, 2.45) is 0 Å². The summed E-state index contributed by atoms with van der Waals surface area (Å²) in [6, 6.07) is 10.9. The molecule has 0 spiro atoms. The summed E-state index contributed by atoms with van der Waals surface area (Å²) in [6.07, 6.45) is 2.57. The van der Waals surface area contributed by atoms with Gasteiger partial charge < -0.3 is 14.6 Å². The number of aliphatic hydroxyl groups excluding tert-OH is 1. The van der Waals surface area contributed by atoms with Gasteiger partial charge in [-0.15, -0.1) is 10.2 Å². The smallest absolute Gasteiger partial charge is 0.206 e. The van der Waals surface area contributed by atoms with Crippen LogP contribution in [0.2, 0.25) is 0 Å². The molecule has 0 saturated heterocycles. The monoisotopic (exact) mass is 341 g/mol.